The second-order valence-corrected chi connectivity index (χ2v) is 7.25. The Labute approximate surface area is 152 Å². The Morgan fingerprint density at radius 2 is 1.84 bits per heavy atom. The van der Waals surface area contributed by atoms with Crippen molar-refractivity contribution in [1.29, 1.82) is 0 Å². The molecule has 1 aromatic heterocycles. The van der Waals surface area contributed by atoms with Crippen LogP contribution in [0.3, 0.4) is 0 Å². The van der Waals surface area contributed by atoms with Crippen LogP contribution in [0.25, 0.3) is 5.69 Å². The molecule has 1 unspecified atom stereocenters. The molecule has 6 nitrogen and oxygen atoms in total. The maximum atomic E-state index is 12.9. The molecule has 1 atom stereocenters. The molecule has 12 heteroatoms. The van der Waals surface area contributed by atoms with Crippen molar-refractivity contribution in [2.24, 2.45) is 5.73 Å². The normalized spacial score (nSPS) is 13.0. The number of primary amides is 1. The topological polar surface area (TPSA) is 104 Å². The average molecular weight is 415 g/mol. The Kier molecular flexibility index (Phi) is 5.35. The number of carbonyl (C=O) groups excluding carboxylic acids is 1. The summed E-state index contributed by atoms with van der Waals surface area (Å²) in [5.41, 5.74) is 9.48. The number of amides is 1. The summed E-state index contributed by atoms with van der Waals surface area (Å²) in [5, 5.41) is 2.49. The molecule has 2 rings (SSSR count). The predicted molar refractivity (Wildman–Crippen MR) is 88.5 cm³/mol. The van der Waals surface area contributed by atoms with Gasteiger partial charge in [-0.15, -0.1) is 0 Å². The standard InChI is InChI=1S/C13H11Cl2F3N4O2S/c1-2-25(24)10-9(12(20)23)21-22(11(10)19)5-3-6(14)8(7(15)4-5)13(16,17)18/h3-4H,2,19H2,1H3,(H2,20,23). The smallest absolute Gasteiger partial charge is 0.383 e. The highest BCUT2D eigenvalue weighted by Crippen LogP contribution is 2.41. The summed E-state index contributed by atoms with van der Waals surface area (Å²) in [5.74, 6) is -1.06. The molecule has 1 aromatic carbocycles. The van der Waals surface area contributed by atoms with Crippen LogP contribution in [0.15, 0.2) is 17.0 Å². The van der Waals surface area contributed by atoms with Gasteiger partial charge in [0.2, 0.25) is 0 Å². The van der Waals surface area contributed by atoms with Gasteiger partial charge in [-0.25, -0.2) is 4.68 Å². The van der Waals surface area contributed by atoms with Crippen LogP contribution in [0.2, 0.25) is 10.0 Å². The molecule has 136 valence electrons. The molecule has 0 aliphatic rings. The van der Waals surface area contributed by atoms with Crippen molar-refractivity contribution >= 4 is 45.7 Å². The lowest BCUT2D eigenvalue weighted by atomic mass is 10.2. The van der Waals surface area contributed by atoms with Gasteiger partial charge < -0.3 is 11.5 Å². The first-order valence-electron chi connectivity index (χ1n) is 6.62. The van der Waals surface area contributed by atoms with E-state index in [9.17, 15) is 22.2 Å². The molecule has 2 aromatic rings. The first-order chi connectivity index (χ1) is 11.5. The molecular weight excluding hydrogens is 404 g/mol. The van der Waals surface area contributed by atoms with Gasteiger partial charge in [-0.2, -0.15) is 18.3 Å². The fourth-order valence-corrected chi connectivity index (χ4v) is 3.75. The molecule has 0 aliphatic carbocycles. The molecule has 0 spiro atoms. The van der Waals surface area contributed by atoms with Crippen LogP contribution in [0, 0.1) is 0 Å². The monoisotopic (exact) mass is 414 g/mol. The summed E-state index contributed by atoms with van der Waals surface area (Å²) in [4.78, 5) is 11.4. The van der Waals surface area contributed by atoms with Gasteiger partial charge in [0.05, 0.1) is 32.1 Å². The van der Waals surface area contributed by atoms with Crippen LogP contribution < -0.4 is 11.5 Å². The minimum Gasteiger partial charge on any atom is -0.383 e. The third-order valence-corrected chi connectivity index (χ3v) is 5.13. The molecule has 0 saturated heterocycles. The molecule has 0 bridgehead atoms. The summed E-state index contributed by atoms with van der Waals surface area (Å²) < 4.78 is 51.8. The third kappa shape index (κ3) is 3.60. The summed E-state index contributed by atoms with van der Waals surface area (Å²) >= 11 is 11.4. The van der Waals surface area contributed by atoms with Gasteiger partial charge in [-0.3, -0.25) is 9.00 Å². The van der Waals surface area contributed by atoms with Crippen molar-refractivity contribution in [2.75, 3.05) is 11.5 Å². The zero-order valence-corrected chi connectivity index (χ0v) is 14.9. The number of benzene rings is 1. The third-order valence-electron chi connectivity index (χ3n) is 3.15. The first-order valence-corrected chi connectivity index (χ1v) is 8.69. The first kappa shape index (κ1) is 19.5. The molecule has 0 radical (unpaired) electrons. The van der Waals surface area contributed by atoms with Crippen molar-refractivity contribution in [3.05, 3.63) is 33.4 Å². The van der Waals surface area contributed by atoms with E-state index in [0.29, 0.717) is 0 Å². The Morgan fingerprint density at radius 3 is 2.24 bits per heavy atom. The van der Waals surface area contributed by atoms with Crippen molar-refractivity contribution < 1.29 is 22.2 Å². The lowest BCUT2D eigenvalue weighted by Crippen LogP contribution is -2.15. The van der Waals surface area contributed by atoms with E-state index in [4.69, 9.17) is 34.7 Å². The number of hydrogen-bond donors (Lipinski definition) is 2. The van der Waals surface area contributed by atoms with Crippen molar-refractivity contribution in [2.45, 2.75) is 18.0 Å². The van der Waals surface area contributed by atoms with Gasteiger partial charge in [0.25, 0.3) is 5.91 Å². The van der Waals surface area contributed by atoms with Crippen molar-refractivity contribution in [1.82, 2.24) is 9.78 Å². The molecule has 1 amide bonds. The van der Waals surface area contributed by atoms with E-state index in [1.54, 1.807) is 6.92 Å². The van der Waals surface area contributed by atoms with Crippen LogP contribution in [0.5, 0.6) is 0 Å². The van der Waals surface area contributed by atoms with E-state index < -0.39 is 38.5 Å². The highest BCUT2D eigenvalue weighted by atomic mass is 35.5. The fourth-order valence-electron chi connectivity index (χ4n) is 2.10. The minimum atomic E-state index is -4.75. The molecule has 1 heterocycles. The minimum absolute atomic E-state index is 0.0395. The number of nitrogens with zero attached hydrogens (tertiary/aromatic N) is 2. The molecule has 0 fully saturated rings. The number of alkyl halides is 3. The maximum Gasteiger partial charge on any atom is 0.419 e. The van der Waals surface area contributed by atoms with Crippen LogP contribution >= 0.6 is 23.2 Å². The Morgan fingerprint density at radius 1 is 1.32 bits per heavy atom. The molecule has 0 aliphatic heterocycles. The molecule has 25 heavy (non-hydrogen) atoms. The zero-order chi connectivity index (χ0) is 19.1. The SMILES string of the molecule is CCS(=O)c1c(C(N)=O)nn(-c2cc(Cl)c(C(F)(F)F)c(Cl)c2)c1N. The van der Waals surface area contributed by atoms with Crippen LogP contribution in [-0.4, -0.2) is 25.6 Å². The summed E-state index contributed by atoms with van der Waals surface area (Å²) in [6, 6.07) is 1.87. The van der Waals surface area contributed by atoms with Gasteiger partial charge in [0.1, 0.15) is 10.7 Å². The number of hydrogen-bond acceptors (Lipinski definition) is 4. The van der Waals surface area contributed by atoms with Crippen LogP contribution in [0.1, 0.15) is 23.0 Å². The van der Waals surface area contributed by atoms with Gasteiger partial charge in [-0.1, -0.05) is 30.1 Å². The van der Waals surface area contributed by atoms with E-state index in [0.717, 1.165) is 16.8 Å². The highest BCUT2D eigenvalue weighted by Gasteiger charge is 2.36. The Hall–Kier alpha value is -1.78. The van der Waals surface area contributed by atoms with Crippen molar-refractivity contribution in [3.63, 3.8) is 0 Å². The van der Waals surface area contributed by atoms with Gasteiger partial charge in [-0.05, 0) is 12.1 Å². The Bertz CT molecular complexity index is 860. The van der Waals surface area contributed by atoms with Crippen LogP contribution in [-0.2, 0) is 17.0 Å². The zero-order valence-electron chi connectivity index (χ0n) is 12.5. The maximum absolute atomic E-state index is 12.9. The number of rotatable bonds is 4. The largest absolute Gasteiger partial charge is 0.419 e. The number of halogens is 5. The number of nitrogens with two attached hydrogens (primary N) is 2. The van der Waals surface area contributed by atoms with Gasteiger partial charge >= 0.3 is 6.18 Å². The van der Waals surface area contributed by atoms with E-state index in [2.05, 4.69) is 5.10 Å². The number of nitrogen functional groups attached to an aromatic ring is 1. The van der Waals surface area contributed by atoms with E-state index in [-0.39, 0.29) is 27.8 Å². The summed E-state index contributed by atoms with van der Waals surface area (Å²) in [7, 11) is -1.67. The van der Waals surface area contributed by atoms with Gasteiger partial charge in [0, 0.05) is 5.75 Å². The molecule has 4 N–H and O–H groups in total. The van der Waals surface area contributed by atoms with Crippen molar-refractivity contribution in [3.8, 4) is 5.69 Å². The van der Waals surface area contributed by atoms with Gasteiger partial charge in [0.15, 0.2) is 5.69 Å². The summed E-state index contributed by atoms with van der Waals surface area (Å²) in [6.45, 7) is 1.59. The van der Waals surface area contributed by atoms with E-state index in [1.807, 2.05) is 0 Å². The van der Waals surface area contributed by atoms with Crippen LogP contribution in [0.4, 0.5) is 19.0 Å². The fraction of sp³-hybridized carbons (Fsp3) is 0.231. The molecule has 0 saturated carbocycles. The predicted octanol–water partition coefficient (Wildman–Crippen LogP) is 3.01. The lowest BCUT2D eigenvalue weighted by molar-refractivity contribution is -0.137. The second kappa shape index (κ2) is 6.85. The average Bonchev–Trinajstić information content (AvgIpc) is 2.82. The number of aromatic nitrogens is 2. The number of anilines is 1. The quantitative estimate of drug-likeness (QED) is 0.801. The van der Waals surface area contributed by atoms with E-state index in [1.165, 1.54) is 0 Å². The number of carbonyl (C=O) groups is 1. The highest BCUT2D eigenvalue weighted by molar-refractivity contribution is 7.85. The molecular formula is C13H11Cl2F3N4O2S. The Balaban J connectivity index is 2.72. The second-order valence-electron chi connectivity index (χ2n) is 4.76. The van der Waals surface area contributed by atoms with E-state index >= 15 is 0 Å². The lowest BCUT2D eigenvalue weighted by Gasteiger charge is -2.13. The summed E-state index contributed by atoms with van der Waals surface area (Å²) in [6.07, 6.45) is -4.75.